The lowest BCUT2D eigenvalue weighted by Crippen LogP contribution is -2.35. The molecule has 1 aliphatic rings. The Kier molecular flexibility index (Phi) is 6.24. The van der Waals surface area contributed by atoms with E-state index in [2.05, 4.69) is 5.32 Å². The Bertz CT molecular complexity index is 802. The molecule has 2 heterocycles. The highest BCUT2D eigenvalue weighted by Crippen LogP contribution is 2.15. The molecule has 6 nitrogen and oxygen atoms in total. The summed E-state index contributed by atoms with van der Waals surface area (Å²) in [6.45, 7) is 3.30. The van der Waals surface area contributed by atoms with E-state index < -0.39 is 12.1 Å². The van der Waals surface area contributed by atoms with Gasteiger partial charge in [0.15, 0.2) is 6.10 Å². The van der Waals surface area contributed by atoms with Crippen LogP contribution in [0.3, 0.4) is 0 Å². The number of rotatable bonds is 7. The molecule has 0 bridgehead atoms. The molecule has 2 aromatic rings. The second-order valence-electron chi connectivity index (χ2n) is 6.46. The first-order chi connectivity index (χ1) is 13.0. The van der Waals surface area contributed by atoms with Crippen LogP contribution in [-0.4, -0.2) is 35.3 Å². The maximum absolute atomic E-state index is 12.2. The van der Waals surface area contributed by atoms with Gasteiger partial charge < -0.3 is 15.0 Å². The van der Waals surface area contributed by atoms with E-state index in [1.165, 1.54) is 0 Å². The van der Waals surface area contributed by atoms with Gasteiger partial charge in [-0.3, -0.25) is 9.59 Å². The van der Waals surface area contributed by atoms with Crippen LogP contribution in [0.5, 0.6) is 0 Å². The summed E-state index contributed by atoms with van der Waals surface area (Å²) in [6.07, 6.45) is 0.631. The van der Waals surface area contributed by atoms with E-state index >= 15 is 0 Å². The molecule has 1 N–H and O–H groups in total. The van der Waals surface area contributed by atoms with Crippen molar-refractivity contribution in [2.24, 2.45) is 0 Å². The summed E-state index contributed by atoms with van der Waals surface area (Å²) in [5.74, 6) is -0.709. The van der Waals surface area contributed by atoms with E-state index in [1.54, 1.807) is 30.4 Å². The Morgan fingerprint density at radius 2 is 2.04 bits per heavy atom. The van der Waals surface area contributed by atoms with Crippen molar-refractivity contribution in [1.82, 2.24) is 10.2 Å². The van der Waals surface area contributed by atoms with Crippen molar-refractivity contribution in [1.29, 1.82) is 0 Å². The van der Waals surface area contributed by atoms with E-state index in [0.717, 1.165) is 23.4 Å². The number of benzene rings is 1. The van der Waals surface area contributed by atoms with Crippen molar-refractivity contribution >= 4 is 29.1 Å². The van der Waals surface area contributed by atoms with Gasteiger partial charge in [-0.1, -0.05) is 18.2 Å². The zero-order valence-electron chi connectivity index (χ0n) is 15.1. The van der Waals surface area contributed by atoms with Crippen LogP contribution < -0.4 is 5.32 Å². The molecule has 1 aliphatic heterocycles. The minimum absolute atomic E-state index is 0.167. The molecule has 3 rings (SSSR count). The number of nitrogens with one attached hydrogen (secondary N) is 1. The molecule has 1 atom stereocenters. The van der Waals surface area contributed by atoms with E-state index in [4.69, 9.17) is 4.74 Å². The van der Waals surface area contributed by atoms with Crippen LogP contribution in [0.4, 0.5) is 0 Å². The average molecular weight is 386 g/mol. The molecular formula is C20H22N2O4S. The molecule has 2 amide bonds. The van der Waals surface area contributed by atoms with Crippen LogP contribution in [0.1, 0.15) is 40.6 Å². The summed E-state index contributed by atoms with van der Waals surface area (Å²) in [6, 6.07) is 10.8. The molecule has 1 saturated heterocycles. The highest BCUT2D eigenvalue weighted by Gasteiger charge is 2.21. The first kappa shape index (κ1) is 19.1. The molecule has 0 unspecified atom stereocenters. The van der Waals surface area contributed by atoms with Gasteiger partial charge in [0.05, 0.1) is 12.1 Å². The topological polar surface area (TPSA) is 75.7 Å². The van der Waals surface area contributed by atoms with Crippen molar-refractivity contribution in [3.63, 3.8) is 0 Å². The third kappa shape index (κ3) is 5.17. The number of hydrogen-bond acceptors (Lipinski definition) is 5. The molecule has 1 fully saturated rings. The minimum Gasteiger partial charge on any atom is -0.449 e. The normalized spacial score (nSPS) is 14.9. The number of nitrogens with zero attached hydrogens (tertiary/aromatic N) is 1. The third-order valence-electron chi connectivity index (χ3n) is 4.40. The van der Waals surface area contributed by atoms with Gasteiger partial charge in [-0.25, -0.2) is 4.79 Å². The summed E-state index contributed by atoms with van der Waals surface area (Å²) < 4.78 is 5.25. The lowest BCUT2D eigenvalue weighted by atomic mass is 10.1. The fraction of sp³-hybridized carbons (Fsp3) is 0.350. The fourth-order valence-corrected chi connectivity index (χ4v) is 3.50. The fourth-order valence-electron chi connectivity index (χ4n) is 2.85. The number of thiophene rings is 1. The Morgan fingerprint density at radius 1 is 1.26 bits per heavy atom. The number of likely N-dealkylation sites (tertiary alicyclic amines) is 1. The molecular weight excluding hydrogens is 364 g/mol. The second kappa shape index (κ2) is 8.81. The standard InChI is InChI=1S/C20H22N2O4S/c1-14(19(24)21-12-17-4-3-11-27-17)26-20(25)16-8-6-15(7-9-16)13-22-10-2-5-18(22)23/h3-4,6-9,11,14H,2,5,10,12-13H2,1H3,(H,21,24)/t14-/m0/s1. The first-order valence-corrected chi connectivity index (χ1v) is 9.78. The largest absolute Gasteiger partial charge is 0.449 e. The van der Waals surface area contributed by atoms with Gasteiger partial charge in [-0.15, -0.1) is 11.3 Å². The van der Waals surface area contributed by atoms with Crippen molar-refractivity contribution in [3.05, 3.63) is 57.8 Å². The van der Waals surface area contributed by atoms with Crippen molar-refractivity contribution in [2.45, 2.75) is 39.0 Å². The van der Waals surface area contributed by atoms with Crippen LogP contribution in [-0.2, 0) is 27.4 Å². The lowest BCUT2D eigenvalue weighted by molar-refractivity contribution is -0.129. The number of hydrogen-bond donors (Lipinski definition) is 1. The SMILES string of the molecule is C[C@H](OC(=O)c1ccc(CN2CCCC2=O)cc1)C(=O)NCc1cccs1. The number of carbonyl (C=O) groups excluding carboxylic acids is 3. The predicted molar refractivity (Wildman–Crippen MR) is 102 cm³/mol. The van der Waals surface area contributed by atoms with Crippen LogP contribution in [0, 0.1) is 0 Å². The summed E-state index contributed by atoms with van der Waals surface area (Å²) in [5, 5.41) is 4.69. The quantitative estimate of drug-likeness (QED) is 0.743. The monoisotopic (exact) mass is 386 g/mol. The molecule has 0 saturated carbocycles. The highest BCUT2D eigenvalue weighted by atomic mass is 32.1. The zero-order chi connectivity index (χ0) is 19.2. The smallest absolute Gasteiger partial charge is 0.338 e. The molecule has 1 aromatic heterocycles. The molecule has 0 radical (unpaired) electrons. The summed E-state index contributed by atoms with van der Waals surface area (Å²) in [7, 11) is 0. The number of carbonyl (C=O) groups is 3. The van der Waals surface area contributed by atoms with Crippen molar-refractivity contribution in [2.75, 3.05) is 6.54 Å². The highest BCUT2D eigenvalue weighted by molar-refractivity contribution is 7.09. The predicted octanol–water partition coefficient (Wildman–Crippen LogP) is 2.73. The van der Waals surface area contributed by atoms with E-state index in [-0.39, 0.29) is 11.8 Å². The van der Waals surface area contributed by atoms with Crippen LogP contribution in [0.15, 0.2) is 41.8 Å². The summed E-state index contributed by atoms with van der Waals surface area (Å²) in [4.78, 5) is 38.8. The Hall–Kier alpha value is -2.67. The average Bonchev–Trinajstić information content (AvgIpc) is 3.32. The van der Waals surface area contributed by atoms with Crippen LogP contribution >= 0.6 is 11.3 Å². The van der Waals surface area contributed by atoms with E-state index in [9.17, 15) is 14.4 Å². The first-order valence-electron chi connectivity index (χ1n) is 8.91. The van der Waals surface area contributed by atoms with Crippen molar-refractivity contribution < 1.29 is 19.1 Å². The summed E-state index contributed by atoms with van der Waals surface area (Å²) in [5.41, 5.74) is 1.34. The number of ether oxygens (including phenoxy) is 1. The third-order valence-corrected chi connectivity index (χ3v) is 5.28. The van der Waals surface area contributed by atoms with Crippen molar-refractivity contribution in [3.8, 4) is 0 Å². The zero-order valence-corrected chi connectivity index (χ0v) is 16.0. The molecule has 27 heavy (non-hydrogen) atoms. The molecule has 0 aliphatic carbocycles. The van der Waals surface area contributed by atoms with Crippen LogP contribution in [0.25, 0.3) is 0 Å². The van der Waals surface area contributed by atoms with Gasteiger partial charge in [0, 0.05) is 24.4 Å². The lowest BCUT2D eigenvalue weighted by Gasteiger charge is -2.16. The second-order valence-corrected chi connectivity index (χ2v) is 7.49. The van der Waals surface area contributed by atoms with E-state index in [0.29, 0.717) is 25.1 Å². The molecule has 142 valence electrons. The molecule has 1 aromatic carbocycles. The minimum atomic E-state index is -0.876. The van der Waals surface area contributed by atoms with Gasteiger partial charge in [-0.05, 0) is 42.5 Å². The van der Waals surface area contributed by atoms with E-state index in [1.807, 2.05) is 34.5 Å². The Labute approximate surface area is 162 Å². The van der Waals surface area contributed by atoms with Gasteiger partial charge in [0.2, 0.25) is 5.91 Å². The van der Waals surface area contributed by atoms with Gasteiger partial charge in [0.1, 0.15) is 0 Å². The molecule has 7 heteroatoms. The molecule has 0 spiro atoms. The summed E-state index contributed by atoms with van der Waals surface area (Å²) >= 11 is 1.55. The Balaban J connectivity index is 1.49. The van der Waals surface area contributed by atoms with Gasteiger partial charge in [-0.2, -0.15) is 0 Å². The van der Waals surface area contributed by atoms with Crippen LogP contribution in [0.2, 0.25) is 0 Å². The number of esters is 1. The Morgan fingerprint density at radius 3 is 2.67 bits per heavy atom. The van der Waals surface area contributed by atoms with Gasteiger partial charge in [0.25, 0.3) is 5.91 Å². The maximum Gasteiger partial charge on any atom is 0.338 e. The van der Waals surface area contributed by atoms with Gasteiger partial charge >= 0.3 is 5.97 Å². The number of amides is 2. The maximum atomic E-state index is 12.2.